The molecular weight excluding hydrogens is 328 g/mol. The number of H-pyrrole nitrogens is 1. The summed E-state index contributed by atoms with van der Waals surface area (Å²) in [5.74, 6) is 1.34. The van der Waals surface area contributed by atoms with E-state index in [4.69, 9.17) is 0 Å². The molecule has 0 unspecified atom stereocenters. The van der Waals surface area contributed by atoms with Crippen molar-refractivity contribution in [2.75, 3.05) is 0 Å². The molecule has 1 aliphatic rings. The van der Waals surface area contributed by atoms with Gasteiger partial charge in [0, 0.05) is 24.0 Å². The molecule has 7 heteroatoms. The van der Waals surface area contributed by atoms with Gasteiger partial charge in [-0.1, -0.05) is 31.0 Å². The minimum Gasteiger partial charge on any atom is -0.345 e. The van der Waals surface area contributed by atoms with Gasteiger partial charge in [0.2, 0.25) is 0 Å². The molecule has 2 N–H and O–H groups in total. The zero-order valence-corrected chi connectivity index (χ0v) is 14.7. The van der Waals surface area contributed by atoms with E-state index < -0.39 is 0 Å². The van der Waals surface area contributed by atoms with Crippen LogP contribution in [0.5, 0.6) is 0 Å². The Bertz CT molecular complexity index is 879. The molecule has 26 heavy (non-hydrogen) atoms. The number of aromatic nitrogens is 5. The lowest BCUT2D eigenvalue weighted by Gasteiger charge is -2.19. The van der Waals surface area contributed by atoms with Crippen molar-refractivity contribution in [1.82, 2.24) is 30.0 Å². The first-order valence-electron chi connectivity index (χ1n) is 9.03. The largest absolute Gasteiger partial charge is 0.345 e. The standard InChI is InChI=1S/C19H22N6O/c1-13(18-24-22-12-25(18)14-6-2-3-7-14)23-19(26)16-9-5-4-8-15(16)17-20-10-11-21-17/h4-5,8-14H,2-3,6-7H2,1H3,(H,20,21)(H,23,26)/t13-/m0/s1. The zero-order chi connectivity index (χ0) is 17.9. The molecule has 1 fully saturated rings. The van der Waals surface area contributed by atoms with E-state index in [0.29, 0.717) is 17.4 Å². The average Bonchev–Trinajstić information content (AvgIpc) is 3.43. The first-order valence-corrected chi connectivity index (χ1v) is 9.03. The van der Waals surface area contributed by atoms with Gasteiger partial charge in [0.25, 0.3) is 5.91 Å². The predicted octanol–water partition coefficient (Wildman–Crippen LogP) is 3.27. The number of benzene rings is 1. The summed E-state index contributed by atoms with van der Waals surface area (Å²) in [4.78, 5) is 20.2. The van der Waals surface area contributed by atoms with Crippen molar-refractivity contribution in [3.63, 3.8) is 0 Å². The van der Waals surface area contributed by atoms with Gasteiger partial charge in [0.1, 0.15) is 12.2 Å². The number of hydrogen-bond acceptors (Lipinski definition) is 4. The van der Waals surface area contributed by atoms with Gasteiger partial charge in [0.05, 0.1) is 11.6 Å². The van der Waals surface area contributed by atoms with E-state index in [2.05, 4.69) is 30.0 Å². The summed E-state index contributed by atoms with van der Waals surface area (Å²) in [5.41, 5.74) is 1.36. The Balaban J connectivity index is 1.55. The van der Waals surface area contributed by atoms with Crippen LogP contribution in [-0.2, 0) is 0 Å². The average molecular weight is 350 g/mol. The highest BCUT2D eigenvalue weighted by Gasteiger charge is 2.24. The maximum Gasteiger partial charge on any atom is 0.252 e. The molecule has 134 valence electrons. The van der Waals surface area contributed by atoms with Gasteiger partial charge in [-0.3, -0.25) is 4.79 Å². The second-order valence-electron chi connectivity index (χ2n) is 6.71. The normalized spacial score (nSPS) is 15.9. The molecule has 2 heterocycles. The summed E-state index contributed by atoms with van der Waals surface area (Å²) in [6.07, 6.45) is 9.97. The molecule has 3 aromatic rings. The quantitative estimate of drug-likeness (QED) is 0.739. The minimum absolute atomic E-state index is 0.148. The lowest BCUT2D eigenvalue weighted by molar-refractivity contribution is 0.0937. The lowest BCUT2D eigenvalue weighted by Crippen LogP contribution is -2.29. The first-order chi connectivity index (χ1) is 12.7. The van der Waals surface area contributed by atoms with Gasteiger partial charge in [-0.05, 0) is 25.8 Å². The Morgan fingerprint density at radius 1 is 1.31 bits per heavy atom. The van der Waals surface area contributed by atoms with Gasteiger partial charge >= 0.3 is 0 Å². The number of imidazole rings is 1. The van der Waals surface area contributed by atoms with Crippen molar-refractivity contribution in [2.45, 2.75) is 44.7 Å². The van der Waals surface area contributed by atoms with Gasteiger partial charge in [0.15, 0.2) is 5.82 Å². The van der Waals surface area contributed by atoms with Crippen LogP contribution in [-0.4, -0.2) is 30.6 Å². The Kier molecular flexibility index (Phi) is 4.51. The molecule has 0 spiro atoms. The fraction of sp³-hybridized carbons (Fsp3) is 0.368. The highest BCUT2D eigenvalue weighted by Crippen LogP contribution is 2.31. The Hall–Kier alpha value is -2.96. The van der Waals surface area contributed by atoms with Crippen LogP contribution >= 0.6 is 0 Å². The van der Waals surface area contributed by atoms with Crippen molar-refractivity contribution in [1.29, 1.82) is 0 Å². The Morgan fingerprint density at radius 3 is 2.88 bits per heavy atom. The summed E-state index contributed by atoms with van der Waals surface area (Å²) >= 11 is 0. The summed E-state index contributed by atoms with van der Waals surface area (Å²) in [6.45, 7) is 1.95. The predicted molar refractivity (Wildman–Crippen MR) is 97.4 cm³/mol. The van der Waals surface area contributed by atoms with Gasteiger partial charge in [-0.2, -0.15) is 0 Å². The molecular formula is C19H22N6O. The van der Waals surface area contributed by atoms with Crippen molar-refractivity contribution in [3.8, 4) is 11.4 Å². The SMILES string of the molecule is C[C@H](NC(=O)c1ccccc1-c1ncc[nH]1)c1nncn1C1CCCC1. The maximum absolute atomic E-state index is 12.9. The third kappa shape index (κ3) is 3.12. The monoisotopic (exact) mass is 350 g/mol. The molecule has 1 aliphatic carbocycles. The second-order valence-corrected chi connectivity index (χ2v) is 6.71. The highest BCUT2D eigenvalue weighted by molar-refractivity contribution is 6.00. The number of aromatic amines is 1. The molecule has 0 saturated heterocycles. The van der Waals surface area contributed by atoms with Crippen LogP contribution in [0.3, 0.4) is 0 Å². The number of amides is 1. The van der Waals surface area contributed by atoms with Crippen LogP contribution in [0.25, 0.3) is 11.4 Å². The van der Waals surface area contributed by atoms with Crippen LogP contribution < -0.4 is 5.32 Å². The minimum atomic E-state index is -0.227. The zero-order valence-electron chi connectivity index (χ0n) is 14.7. The fourth-order valence-electron chi connectivity index (χ4n) is 3.66. The van der Waals surface area contributed by atoms with Gasteiger partial charge < -0.3 is 14.9 Å². The van der Waals surface area contributed by atoms with E-state index in [1.165, 1.54) is 12.8 Å². The number of rotatable bonds is 5. The Morgan fingerprint density at radius 2 is 2.12 bits per heavy atom. The lowest BCUT2D eigenvalue weighted by atomic mass is 10.1. The molecule has 1 amide bonds. The van der Waals surface area contributed by atoms with E-state index >= 15 is 0 Å². The molecule has 4 rings (SSSR count). The number of nitrogens with one attached hydrogen (secondary N) is 2. The molecule has 0 radical (unpaired) electrons. The van der Waals surface area contributed by atoms with E-state index in [-0.39, 0.29) is 11.9 Å². The highest BCUT2D eigenvalue weighted by atomic mass is 16.1. The van der Waals surface area contributed by atoms with Crippen molar-refractivity contribution < 1.29 is 4.79 Å². The van der Waals surface area contributed by atoms with Crippen molar-refractivity contribution >= 4 is 5.91 Å². The first kappa shape index (κ1) is 16.5. The van der Waals surface area contributed by atoms with Crippen LogP contribution in [0.4, 0.5) is 0 Å². The summed E-state index contributed by atoms with van der Waals surface area (Å²) in [7, 11) is 0. The van der Waals surface area contributed by atoms with Crippen LogP contribution in [0.15, 0.2) is 43.0 Å². The number of carbonyl (C=O) groups excluding carboxylic acids is 1. The fourth-order valence-corrected chi connectivity index (χ4v) is 3.66. The third-order valence-electron chi connectivity index (χ3n) is 4.98. The van der Waals surface area contributed by atoms with Gasteiger partial charge in [-0.15, -0.1) is 10.2 Å². The number of nitrogens with zero attached hydrogens (tertiary/aromatic N) is 4. The van der Waals surface area contributed by atoms with E-state index in [1.54, 1.807) is 18.7 Å². The van der Waals surface area contributed by atoms with E-state index in [1.807, 2.05) is 31.2 Å². The molecule has 7 nitrogen and oxygen atoms in total. The van der Waals surface area contributed by atoms with Crippen LogP contribution in [0.1, 0.15) is 60.9 Å². The Labute approximate surface area is 151 Å². The van der Waals surface area contributed by atoms with Crippen LogP contribution in [0.2, 0.25) is 0 Å². The number of carbonyl (C=O) groups is 1. The van der Waals surface area contributed by atoms with Crippen LogP contribution in [0, 0.1) is 0 Å². The van der Waals surface area contributed by atoms with E-state index in [9.17, 15) is 4.79 Å². The number of hydrogen-bond donors (Lipinski definition) is 2. The summed E-state index contributed by atoms with van der Waals surface area (Å²) in [5, 5.41) is 11.4. The summed E-state index contributed by atoms with van der Waals surface area (Å²) in [6, 6.07) is 7.66. The topological polar surface area (TPSA) is 88.5 Å². The summed E-state index contributed by atoms with van der Waals surface area (Å²) < 4.78 is 2.12. The molecule has 1 saturated carbocycles. The maximum atomic E-state index is 12.9. The molecule has 2 aromatic heterocycles. The molecule has 1 aromatic carbocycles. The van der Waals surface area contributed by atoms with Crippen molar-refractivity contribution in [2.24, 2.45) is 0 Å². The van der Waals surface area contributed by atoms with E-state index in [0.717, 1.165) is 24.2 Å². The van der Waals surface area contributed by atoms with Gasteiger partial charge in [-0.25, -0.2) is 4.98 Å². The molecule has 0 bridgehead atoms. The molecule has 0 aliphatic heterocycles. The second kappa shape index (κ2) is 7.11. The molecule has 1 atom stereocenters. The third-order valence-corrected chi connectivity index (χ3v) is 4.98. The smallest absolute Gasteiger partial charge is 0.252 e. The van der Waals surface area contributed by atoms with Crippen molar-refractivity contribution in [3.05, 3.63) is 54.4 Å².